The van der Waals surface area contributed by atoms with E-state index in [1.807, 2.05) is 0 Å². The second-order valence-electron chi connectivity index (χ2n) is 7.45. The summed E-state index contributed by atoms with van der Waals surface area (Å²) in [5, 5.41) is 4.95. The van der Waals surface area contributed by atoms with Crippen molar-refractivity contribution < 1.29 is 28.0 Å². The van der Waals surface area contributed by atoms with Crippen LogP contribution >= 0.6 is 0 Å². The van der Waals surface area contributed by atoms with Crippen LogP contribution in [-0.2, 0) is 22.7 Å². The van der Waals surface area contributed by atoms with Crippen molar-refractivity contribution >= 4 is 23.6 Å². The summed E-state index contributed by atoms with van der Waals surface area (Å²) in [4.78, 5) is 50.3. The van der Waals surface area contributed by atoms with E-state index in [9.17, 15) is 28.0 Å². The van der Waals surface area contributed by atoms with Crippen LogP contribution in [0.3, 0.4) is 0 Å². The standard InChI is InChI=1S/C22H19F2N3O4/c23-19(24)12-3-1-4-13(9-12)20(29)25-10-14-5-2-6-15-16(14)11-27(22(15)31)17-7-8-18(28)26-21(17)30/h1-6,9,17,19H,7-8,10-11H2,(H,25,29)(H,26,28,30). The predicted octanol–water partition coefficient (Wildman–Crippen LogP) is 2.32. The first-order valence-corrected chi connectivity index (χ1v) is 9.77. The Bertz CT molecular complexity index is 1090. The van der Waals surface area contributed by atoms with E-state index in [2.05, 4.69) is 10.6 Å². The number of piperidine rings is 1. The number of hydrogen-bond acceptors (Lipinski definition) is 4. The number of nitrogens with one attached hydrogen (secondary N) is 2. The van der Waals surface area contributed by atoms with Crippen molar-refractivity contribution in [3.05, 3.63) is 70.3 Å². The number of nitrogens with zero attached hydrogens (tertiary/aromatic N) is 1. The second kappa shape index (κ2) is 8.25. The van der Waals surface area contributed by atoms with E-state index in [0.29, 0.717) is 16.7 Å². The van der Waals surface area contributed by atoms with Crippen LogP contribution in [0.5, 0.6) is 0 Å². The van der Waals surface area contributed by atoms with E-state index in [1.54, 1.807) is 18.2 Å². The predicted molar refractivity (Wildman–Crippen MR) is 105 cm³/mol. The number of amides is 4. The van der Waals surface area contributed by atoms with Crippen LogP contribution in [0.15, 0.2) is 42.5 Å². The summed E-state index contributed by atoms with van der Waals surface area (Å²) < 4.78 is 25.7. The summed E-state index contributed by atoms with van der Waals surface area (Å²) in [5.41, 5.74) is 1.71. The van der Waals surface area contributed by atoms with Crippen molar-refractivity contribution in [2.24, 2.45) is 0 Å². The van der Waals surface area contributed by atoms with Gasteiger partial charge in [0.1, 0.15) is 6.04 Å². The highest BCUT2D eigenvalue weighted by Gasteiger charge is 2.39. The molecule has 1 fully saturated rings. The van der Waals surface area contributed by atoms with Crippen LogP contribution in [0.4, 0.5) is 8.78 Å². The quantitative estimate of drug-likeness (QED) is 0.716. The number of imide groups is 1. The van der Waals surface area contributed by atoms with Crippen LogP contribution < -0.4 is 10.6 Å². The van der Waals surface area contributed by atoms with Gasteiger partial charge in [0.2, 0.25) is 11.8 Å². The lowest BCUT2D eigenvalue weighted by atomic mass is 10.0. The van der Waals surface area contributed by atoms with Gasteiger partial charge in [-0.3, -0.25) is 24.5 Å². The summed E-state index contributed by atoms with van der Waals surface area (Å²) in [7, 11) is 0. The number of carbonyl (C=O) groups is 4. The van der Waals surface area contributed by atoms with Gasteiger partial charge in [0.05, 0.1) is 0 Å². The molecule has 1 unspecified atom stereocenters. The summed E-state index contributed by atoms with van der Waals surface area (Å²) in [6.45, 7) is 0.282. The fourth-order valence-corrected chi connectivity index (χ4v) is 3.91. The van der Waals surface area contributed by atoms with E-state index < -0.39 is 24.3 Å². The zero-order valence-corrected chi connectivity index (χ0v) is 16.4. The molecule has 31 heavy (non-hydrogen) atoms. The summed E-state index contributed by atoms with van der Waals surface area (Å²) >= 11 is 0. The van der Waals surface area contributed by atoms with Gasteiger partial charge in [0.15, 0.2) is 0 Å². The van der Waals surface area contributed by atoms with Gasteiger partial charge in [-0.05, 0) is 35.7 Å². The Morgan fingerprint density at radius 2 is 1.94 bits per heavy atom. The van der Waals surface area contributed by atoms with Crippen LogP contribution in [0.25, 0.3) is 0 Å². The average molecular weight is 427 g/mol. The highest BCUT2D eigenvalue weighted by atomic mass is 19.3. The Balaban J connectivity index is 1.49. The molecule has 2 aromatic rings. The molecule has 2 aliphatic heterocycles. The molecule has 2 heterocycles. The molecule has 4 rings (SSSR count). The number of rotatable bonds is 5. The third-order valence-corrected chi connectivity index (χ3v) is 5.52. The first-order chi connectivity index (χ1) is 14.8. The number of fused-ring (bicyclic) bond motifs is 1. The Labute approximate surface area is 176 Å². The van der Waals surface area contributed by atoms with Crippen LogP contribution in [0.1, 0.15) is 56.7 Å². The minimum absolute atomic E-state index is 0.0946. The molecule has 0 aromatic heterocycles. The number of hydrogen-bond donors (Lipinski definition) is 2. The molecule has 1 atom stereocenters. The molecule has 0 radical (unpaired) electrons. The van der Waals surface area contributed by atoms with E-state index in [4.69, 9.17) is 0 Å². The first-order valence-electron chi connectivity index (χ1n) is 9.77. The normalized spacial score (nSPS) is 18.2. The molecular weight excluding hydrogens is 408 g/mol. The molecule has 0 spiro atoms. The first kappa shape index (κ1) is 20.6. The lowest BCUT2D eigenvalue weighted by Crippen LogP contribution is -2.52. The minimum atomic E-state index is -2.67. The summed E-state index contributed by atoms with van der Waals surface area (Å²) in [6, 6.07) is 9.61. The lowest BCUT2D eigenvalue weighted by molar-refractivity contribution is -0.136. The van der Waals surface area contributed by atoms with Gasteiger partial charge < -0.3 is 10.2 Å². The number of carbonyl (C=O) groups excluding carboxylic acids is 4. The molecule has 2 aromatic carbocycles. The molecule has 0 aliphatic carbocycles. The smallest absolute Gasteiger partial charge is 0.263 e. The molecule has 0 saturated carbocycles. The molecule has 7 nitrogen and oxygen atoms in total. The van der Waals surface area contributed by atoms with E-state index in [-0.39, 0.29) is 48.9 Å². The van der Waals surface area contributed by atoms with Crippen molar-refractivity contribution in [1.29, 1.82) is 0 Å². The highest BCUT2D eigenvalue weighted by molar-refractivity contribution is 6.05. The number of alkyl halides is 2. The van der Waals surface area contributed by atoms with Crippen LogP contribution in [0, 0.1) is 0 Å². The summed E-state index contributed by atoms with van der Waals surface area (Å²) in [5.74, 6) is -1.66. The molecular formula is C22H19F2N3O4. The number of benzene rings is 2. The summed E-state index contributed by atoms with van der Waals surface area (Å²) in [6.07, 6.45) is -2.25. The Morgan fingerprint density at radius 3 is 2.68 bits per heavy atom. The van der Waals surface area contributed by atoms with Crippen molar-refractivity contribution in [2.45, 2.75) is 38.4 Å². The van der Waals surface area contributed by atoms with Gasteiger partial charge in [-0.2, -0.15) is 0 Å². The third kappa shape index (κ3) is 4.03. The van der Waals surface area contributed by atoms with Gasteiger partial charge in [-0.25, -0.2) is 8.78 Å². The monoisotopic (exact) mass is 427 g/mol. The van der Waals surface area contributed by atoms with Crippen LogP contribution in [0.2, 0.25) is 0 Å². The topological polar surface area (TPSA) is 95.6 Å². The largest absolute Gasteiger partial charge is 0.348 e. The van der Waals surface area contributed by atoms with E-state index in [0.717, 1.165) is 6.07 Å². The fourth-order valence-electron chi connectivity index (χ4n) is 3.91. The molecule has 9 heteroatoms. The number of halogens is 2. The van der Waals surface area contributed by atoms with E-state index >= 15 is 0 Å². The maximum absolute atomic E-state index is 12.9. The average Bonchev–Trinajstić information content (AvgIpc) is 3.09. The van der Waals surface area contributed by atoms with E-state index in [1.165, 1.54) is 23.1 Å². The van der Waals surface area contributed by atoms with Crippen LogP contribution in [-0.4, -0.2) is 34.6 Å². The highest BCUT2D eigenvalue weighted by Crippen LogP contribution is 2.30. The maximum Gasteiger partial charge on any atom is 0.263 e. The van der Waals surface area contributed by atoms with Crippen molar-refractivity contribution in [1.82, 2.24) is 15.5 Å². The zero-order valence-electron chi connectivity index (χ0n) is 16.4. The Kier molecular flexibility index (Phi) is 5.50. The van der Waals surface area contributed by atoms with Gasteiger partial charge in [0, 0.05) is 36.2 Å². The molecule has 0 bridgehead atoms. The molecule has 2 aliphatic rings. The maximum atomic E-state index is 12.9. The minimum Gasteiger partial charge on any atom is -0.348 e. The Morgan fingerprint density at radius 1 is 1.16 bits per heavy atom. The van der Waals surface area contributed by atoms with Crippen molar-refractivity contribution in [3.63, 3.8) is 0 Å². The second-order valence-corrected chi connectivity index (χ2v) is 7.45. The zero-order chi connectivity index (χ0) is 22.1. The van der Waals surface area contributed by atoms with Gasteiger partial charge in [0.25, 0.3) is 18.2 Å². The molecule has 1 saturated heterocycles. The van der Waals surface area contributed by atoms with Gasteiger partial charge in [-0.15, -0.1) is 0 Å². The van der Waals surface area contributed by atoms with Gasteiger partial charge in [-0.1, -0.05) is 24.3 Å². The van der Waals surface area contributed by atoms with Gasteiger partial charge >= 0.3 is 0 Å². The molecule has 4 amide bonds. The molecule has 160 valence electrons. The SMILES string of the molecule is O=C1CCC(N2Cc3c(CNC(=O)c4cccc(C(F)F)c4)cccc3C2=O)C(=O)N1. The fraction of sp³-hybridized carbons (Fsp3) is 0.273. The third-order valence-electron chi connectivity index (χ3n) is 5.52. The van der Waals surface area contributed by atoms with Crippen molar-refractivity contribution in [2.75, 3.05) is 0 Å². The Hall–Kier alpha value is -3.62. The molecule has 2 N–H and O–H groups in total. The van der Waals surface area contributed by atoms with Crippen molar-refractivity contribution in [3.8, 4) is 0 Å². The lowest BCUT2D eigenvalue weighted by Gasteiger charge is -2.29.